The molecule has 0 bridgehead atoms. The third kappa shape index (κ3) is 2.35. The monoisotopic (exact) mass is 158 g/mol. The molecule has 0 aliphatic heterocycles. The lowest BCUT2D eigenvalue weighted by Crippen LogP contribution is -2.29. The SMILES string of the molecule is C/C=C(/C(=O)O)[Si](C)(C)C. The maximum Gasteiger partial charge on any atom is 0.327 e. The summed E-state index contributed by atoms with van der Waals surface area (Å²) in [7, 11) is -1.59. The number of aliphatic carboxylic acids is 1. The first-order valence-corrected chi connectivity index (χ1v) is 6.79. The molecule has 0 atom stereocenters. The quantitative estimate of drug-likeness (QED) is 0.492. The summed E-state index contributed by atoms with van der Waals surface area (Å²) in [5, 5.41) is 9.28. The van der Waals surface area contributed by atoms with Crippen molar-refractivity contribution in [3.63, 3.8) is 0 Å². The van der Waals surface area contributed by atoms with Gasteiger partial charge < -0.3 is 5.11 Å². The molecule has 0 saturated heterocycles. The Morgan fingerprint density at radius 2 is 1.80 bits per heavy atom. The molecule has 0 aromatic rings. The van der Waals surface area contributed by atoms with Crippen molar-refractivity contribution in [1.29, 1.82) is 0 Å². The molecule has 0 aromatic carbocycles. The highest BCUT2D eigenvalue weighted by atomic mass is 28.3. The lowest BCUT2D eigenvalue weighted by Gasteiger charge is -2.15. The molecule has 10 heavy (non-hydrogen) atoms. The highest BCUT2D eigenvalue weighted by Crippen LogP contribution is 2.13. The predicted octanol–water partition coefficient (Wildman–Crippen LogP) is 1.89. The summed E-state index contributed by atoms with van der Waals surface area (Å²) in [5.74, 6) is -0.762. The summed E-state index contributed by atoms with van der Waals surface area (Å²) >= 11 is 0. The zero-order valence-electron chi connectivity index (χ0n) is 6.93. The van der Waals surface area contributed by atoms with Crippen molar-refractivity contribution in [2.45, 2.75) is 26.6 Å². The Balaban J connectivity index is 4.56. The summed E-state index contributed by atoms with van der Waals surface area (Å²) in [6, 6.07) is 0. The summed E-state index contributed by atoms with van der Waals surface area (Å²) < 4.78 is 0. The molecule has 0 spiro atoms. The third-order valence-corrected chi connectivity index (χ3v) is 3.45. The largest absolute Gasteiger partial charge is 0.478 e. The lowest BCUT2D eigenvalue weighted by molar-refractivity contribution is -0.132. The molecule has 0 unspecified atom stereocenters. The van der Waals surface area contributed by atoms with Crippen LogP contribution in [-0.2, 0) is 4.79 Å². The van der Waals surface area contributed by atoms with Crippen LogP contribution in [0.2, 0.25) is 19.6 Å². The van der Waals surface area contributed by atoms with Crippen LogP contribution in [0.4, 0.5) is 0 Å². The number of hydrogen-bond acceptors (Lipinski definition) is 1. The molecule has 3 heteroatoms. The predicted molar refractivity (Wildman–Crippen MR) is 44.7 cm³/mol. The van der Waals surface area contributed by atoms with E-state index >= 15 is 0 Å². The standard InChI is InChI=1S/C7H14O2Si/c1-5-6(7(8)9)10(2,3)4/h5H,1-4H3,(H,8,9)/b6-5-. The minimum absolute atomic E-state index is 0.604. The number of carboxylic acid groups (broad SMARTS) is 1. The molecular weight excluding hydrogens is 144 g/mol. The second kappa shape index (κ2) is 3.01. The Hall–Kier alpha value is -0.573. The third-order valence-electron chi connectivity index (χ3n) is 1.33. The zero-order chi connectivity index (χ0) is 8.36. The average molecular weight is 158 g/mol. The fraction of sp³-hybridized carbons (Fsp3) is 0.571. The van der Waals surface area contributed by atoms with Gasteiger partial charge in [-0.3, -0.25) is 0 Å². The van der Waals surface area contributed by atoms with Gasteiger partial charge in [0.2, 0.25) is 0 Å². The van der Waals surface area contributed by atoms with E-state index in [9.17, 15) is 4.79 Å². The Kier molecular flexibility index (Phi) is 2.84. The number of carbonyl (C=O) groups is 1. The molecule has 0 amide bonds. The van der Waals surface area contributed by atoms with Crippen LogP contribution in [0.15, 0.2) is 11.3 Å². The Bertz CT molecular complexity index is 165. The minimum atomic E-state index is -1.59. The highest BCUT2D eigenvalue weighted by molar-refractivity contribution is 6.86. The van der Waals surface area contributed by atoms with Crippen LogP contribution in [0, 0.1) is 0 Å². The molecule has 58 valence electrons. The van der Waals surface area contributed by atoms with Crippen LogP contribution >= 0.6 is 0 Å². The number of allylic oxidation sites excluding steroid dienone is 1. The topological polar surface area (TPSA) is 37.3 Å². The first-order chi connectivity index (χ1) is 4.39. The van der Waals surface area contributed by atoms with E-state index in [0.717, 1.165) is 0 Å². The van der Waals surface area contributed by atoms with Crippen molar-refractivity contribution in [3.05, 3.63) is 11.3 Å². The van der Waals surface area contributed by atoms with E-state index < -0.39 is 14.0 Å². The van der Waals surface area contributed by atoms with Gasteiger partial charge in [0.15, 0.2) is 0 Å². The molecule has 1 N–H and O–H groups in total. The van der Waals surface area contributed by atoms with Gasteiger partial charge in [-0.2, -0.15) is 0 Å². The van der Waals surface area contributed by atoms with Crippen molar-refractivity contribution in [2.75, 3.05) is 0 Å². The Morgan fingerprint density at radius 3 is 1.80 bits per heavy atom. The van der Waals surface area contributed by atoms with Gasteiger partial charge in [-0.1, -0.05) is 25.7 Å². The summed E-state index contributed by atoms with van der Waals surface area (Å²) in [5.41, 5.74) is 0. The van der Waals surface area contributed by atoms with Crippen molar-refractivity contribution >= 4 is 14.0 Å². The average Bonchev–Trinajstić information content (AvgIpc) is 1.60. The number of carboxylic acids is 1. The molecule has 0 heterocycles. The van der Waals surface area contributed by atoms with Gasteiger partial charge in [-0.15, -0.1) is 0 Å². The Labute approximate surface area is 62.6 Å². The first-order valence-electron chi connectivity index (χ1n) is 3.29. The van der Waals surface area contributed by atoms with Crippen LogP contribution in [0.25, 0.3) is 0 Å². The fourth-order valence-electron chi connectivity index (χ4n) is 0.877. The maximum atomic E-state index is 10.5. The van der Waals surface area contributed by atoms with Crippen LogP contribution < -0.4 is 0 Å². The van der Waals surface area contributed by atoms with E-state index in [1.807, 2.05) is 19.6 Å². The minimum Gasteiger partial charge on any atom is -0.478 e. The number of rotatable bonds is 2. The van der Waals surface area contributed by atoms with Crippen molar-refractivity contribution in [3.8, 4) is 0 Å². The molecule has 0 aliphatic carbocycles. The van der Waals surface area contributed by atoms with Crippen LogP contribution in [-0.4, -0.2) is 19.1 Å². The van der Waals surface area contributed by atoms with E-state index in [1.165, 1.54) is 0 Å². The van der Waals surface area contributed by atoms with Crippen LogP contribution in [0.5, 0.6) is 0 Å². The first kappa shape index (κ1) is 9.43. The molecule has 0 fully saturated rings. The normalized spacial score (nSPS) is 13.4. The van der Waals surface area contributed by atoms with E-state index in [-0.39, 0.29) is 0 Å². The summed E-state index contributed by atoms with van der Waals surface area (Å²) in [6.45, 7) is 7.85. The van der Waals surface area contributed by atoms with Crippen LogP contribution in [0.3, 0.4) is 0 Å². The fourth-order valence-corrected chi connectivity index (χ4v) is 2.38. The van der Waals surface area contributed by atoms with Gasteiger partial charge in [0.25, 0.3) is 0 Å². The molecule has 0 radical (unpaired) electrons. The second-order valence-electron chi connectivity index (χ2n) is 3.26. The van der Waals surface area contributed by atoms with Crippen LogP contribution in [0.1, 0.15) is 6.92 Å². The second-order valence-corrected chi connectivity index (χ2v) is 8.30. The van der Waals surface area contributed by atoms with Gasteiger partial charge in [0, 0.05) is 5.20 Å². The van der Waals surface area contributed by atoms with Gasteiger partial charge in [-0.25, -0.2) is 4.79 Å². The summed E-state index contributed by atoms with van der Waals surface area (Å²) in [6.07, 6.45) is 1.70. The van der Waals surface area contributed by atoms with E-state index in [0.29, 0.717) is 5.20 Å². The van der Waals surface area contributed by atoms with Crippen molar-refractivity contribution in [1.82, 2.24) is 0 Å². The van der Waals surface area contributed by atoms with Crippen molar-refractivity contribution in [2.24, 2.45) is 0 Å². The van der Waals surface area contributed by atoms with Gasteiger partial charge >= 0.3 is 5.97 Å². The zero-order valence-corrected chi connectivity index (χ0v) is 7.93. The van der Waals surface area contributed by atoms with E-state index in [4.69, 9.17) is 5.11 Å². The highest BCUT2D eigenvalue weighted by Gasteiger charge is 2.23. The molecule has 2 nitrogen and oxygen atoms in total. The smallest absolute Gasteiger partial charge is 0.327 e. The summed E-state index contributed by atoms with van der Waals surface area (Å²) in [4.78, 5) is 10.5. The molecule has 0 rings (SSSR count). The van der Waals surface area contributed by atoms with E-state index in [1.54, 1.807) is 13.0 Å². The van der Waals surface area contributed by atoms with Gasteiger partial charge in [0.05, 0.1) is 8.07 Å². The molecular formula is C7H14O2Si. The van der Waals surface area contributed by atoms with E-state index in [2.05, 4.69) is 0 Å². The molecule has 0 saturated carbocycles. The van der Waals surface area contributed by atoms with Gasteiger partial charge in [-0.05, 0) is 6.92 Å². The number of hydrogen-bond donors (Lipinski definition) is 1. The maximum absolute atomic E-state index is 10.5. The lowest BCUT2D eigenvalue weighted by atomic mass is 10.5. The van der Waals surface area contributed by atoms with Crippen molar-refractivity contribution < 1.29 is 9.90 Å². The van der Waals surface area contributed by atoms with Gasteiger partial charge in [0.1, 0.15) is 0 Å². The molecule has 0 aromatic heterocycles. The Morgan fingerprint density at radius 1 is 1.40 bits per heavy atom. The molecule has 0 aliphatic rings.